The molecule has 14 heavy (non-hydrogen) atoms. The van der Waals surface area contributed by atoms with Gasteiger partial charge in [-0.05, 0) is 43.7 Å². The van der Waals surface area contributed by atoms with Gasteiger partial charge in [0, 0.05) is 13.0 Å². The van der Waals surface area contributed by atoms with Crippen molar-refractivity contribution >= 4 is 5.91 Å². The zero-order chi connectivity index (χ0) is 9.97. The Balaban J connectivity index is 1.58. The van der Waals surface area contributed by atoms with Gasteiger partial charge in [-0.15, -0.1) is 0 Å². The van der Waals surface area contributed by atoms with Crippen molar-refractivity contribution in [3.05, 3.63) is 0 Å². The van der Waals surface area contributed by atoms with E-state index in [0.717, 1.165) is 37.9 Å². The molecule has 2 aliphatic rings. The third-order valence-electron chi connectivity index (χ3n) is 3.47. The van der Waals surface area contributed by atoms with Crippen molar-refractivity contribution in [1.82, 2.24) is 10.6 Å². The number of carbonyl (C=O) groups excluding carboxylic acids is 1. The van der Waals surface area contributed by atoms with Gasteiger partial charge in [-0.3, -0.25) is 4.79 Å². The quantitative estimate of drug-likeness (QED) is 0.697. The van der Waals surface area contributed by atoms with Gasteiger partial charge < -0.3 is 10.6 Å². The average Bonchev–Trinajstić information content (AvgIpc) is 2.65. The highest BCUT2D eigenvalue weighted by Crippen LogP contribution is 2.36. The molecule has 0 aromatic rings. The van der Waals surface area contributed by atoms with Crippen LogP contribution in [0, 0.1) is 17.8 Å². The Bertz CT molecular complexity index is 211. The van der Waals surface area contributed by atoms with E-state index in [-0.39, 0.29) is 5.91 Å². The first-order valence-electron chi connectivity index (χ1n) is 5.73. The molecule has 3 atom stereocenters. The van der Waals surface area contributed by atoms with Crippen LogP contribution in [0.2, 0.25) is 0 Å². The Hall–Kier alpha value is -0.570. The van der Waals surface area contributed by atoms with Crippen LogP contribution in [0.4, 0.5) is 0 Å². The van der Waals surface area contributed by atoms with Crippen LogP contribution in [0.15, 0.2) is 0 Å². The standard InChI is InChI=1S/C11H20N2O/c1-8-4-10(8)7-13-11(14)5-9-2-3-12-6-9/h8-10,12H,2-7H2,1H3,(H,13,14). The van der Waals surface area contributed by atoms with Gasteiger partial charge in [0.2, 0.25) is 5.91 Å². The number of hydrogen-bond donors (Lipinski definition) is 2. The molecular formula is C11H20N2O. The Morgan fingerprint density at radius 2 is 2.36 bits per heavy atom. The molecule has 1 saturated carbocycles. The lowest BCUT2D eigenvalue weighted by Gasteiger charge is -2.08. The van der Waals surface area contributed by atoms with Gasteiger partial charge in [-0.1, -0.05) is 6.92 Å². The van der Waals surface area contributed by atoms with Crippen molar-refractivity contribution in [1.29, 1.82) is 0 Å². The highest BCUT2D eigenvalue weighted by molar-refractivity contribution is 5.76. The molecule has 0 bridgehead atoms. The van der Waals surface area contributed by atoms with E-state index in [1.807, 2.05) is 0 Å². The van der Waals surface area contributed by atoms with Crippen LogP contribution in [0.25, 0.3) is 0 Å². The van der Waals surface area contributed by atoms with Crippen LogP contribution in [0.3, 0.4) is 0 Å². The minimum atomic E-state index is 0.248. The van der Waals surface area contributed by atoms with Crippen LogP contribution < -0.4 is 10.6 Å². The second kappa shape index (κ2) is 4.30. The Morgan fingerprint density at radius 3 is 2.93 bits per heavy atom. The van der Waals surface area contributed by atoms with Crippen LogP contribution in [0.5, 0.6) is 0 Å². The SMILES string of the molecule is CC1CC1CNC(=O)CC1CCNC1. The van der Waals surface area contributed by atoms with Gasteiger partial charge in [0.15, 0.2) is 0 Å². The van der Waals surface area contributed by atoms with Crippen LogP contribution in [-0.2, 0) is 4.79 Å². The Morgan fingerprint density at radius 1 is 1.57 bits per heavy atom. The van der Waals surface area contributed by atoms with Gasteiger partial charge in [-0.2, -0.15) is 0 Å². The minimum Gasteiger partial charge on any atom is -0.356 e. The van der Waals surface area contributed by atoms with Gasteiger partial charge in [-0.25, -0.2) is 0 Å². The molecule has 1 aliphatic heterocycles. The summed E-state index contributed by atoms with van der Waals surface area (Å²) in [5.74, 6) is 2.42. The lowest BCUT2D eigenvalue weighted by molar-refractivity contribution is -0.121. The number of nitrogens with one attached hydrogen (secondary N) is 2. The summed E-state index contributed by atoms with van der Waals surface area (Å²) >= 11 is 0. The van der Waals surface area contributed by atoms with Gasteiger partial charge in [0.05, 0.1) is 0 Å². The molecule has 0 aromatic heterocycles. The number of rotatable bonds is 4. The molecule has 0 spiro atoms. The summed E-state index contributed by atoms with van der Waals surface area (Å²) in [6, 6.07) is 0. The summed E-state index contributed by atoms with van der Waals surface area (Å²) in [5, 5.41) is 6.32. The van der Waals surface area contributed by atoms with Crippen molar-refractivity contribution < 1.29 is 4.79 Å². The molecule has 0 radical (unpaired) electrons. The number of carbonyl (C=O) groups is 1. The molecular weight excluding hydrogens is 176 g/mol. The molecule has 1 heterocycles. The molecule has 2 N–H and O–H groups in total. The zero-order valence-corrected chi connectivity index (χ0v) is 8.88. The van der Waals surface area contributed by atoms with Crippen LogP contribution in [0.1, 0.15) is 26.2 Å². The fourth-order valence-corrected chi connectivity index (χ4v) is 2.15. The lowest BCUT2D eigenvalue weighted by atomic mass is 10.0. The molecule has 2 rings (SSSR count). The van der Waals surface area contributed by atoms with E-state index in [1.54, 1.807) is 0 Å². The molecule has 1 aliphatic carbocycles. The van der Waals surface area contributed by atoms with Gasteiger partial charge in [0.1, 0.15) is 0 Å². The second-order valence-corrected chi connectivity index (χ2v) is 4.84. The third-order valence-corrected chi connectivity index (χ3v) is 3.47. The average molecular weight is 196 g/mol. The fourth-order valence-electron chi connectivity index (χ4n) is 2.15. The predicted octanol–water partition coefficient (Wildman–Crippen LogP) is 0.758. The highest BCUT2D eigenvalue weighted by atomic mass is 16.1. The first-order chi connectivity index (χ1) is 6.75. The largest absolute Gasteiger partial charge is 0.356 e. The fraction of sp³-hybridized carbons (Fsp3) is 0.909. The van der Waals surface area contributed by atoms with E-state index in [0.29, 0.717) is 12.3 Å². The molecule has 3 unspecified atom stereocenters. The van der Waals surface area contributed by atoms with Crippen molar-refractivity contribution in [2.24, 2.45) is 17.8 Å². The summed E-state index contributed by atoms with van der Waals surface area (Å²) < 4.78 is 0. The predicted molar refractivity (Wildman–Crippen MR) is 55.9 cm³/mol. The first-order valence-corrected chi connectivity index (χ1v) is 5.73. The van der Waals surface area contributed by atoms with E-state index in [2.05, 4.69) is 17.6 Å². The maximum Gasteiger partial charge on any atom is 0.220 e. The molecule has 80 valence electrons. The number of hydrogen-bond acceptors (Lipinski definition) is 2. The van der Waals surface area contributed by atoms with Gasteiger partial charge >= 0.3 is 0 Å². The summed E-state index contributed by atoms with van der Waals surface area (Å²) in [6.45, 7) is 5.25. The monoisotopic (exact) mass is 196 g/mol. The third kappa shape index (κ3) is 2.71. The van der Waals surface area contributed by atoms with E-state index in [9.17, 15) is 4.79 Å². The number of amides is 1. The maximum atomic E-state index is 11.5. The molecule has 3 nitrogen and oxygen atoms in total. The molecule has 1 saturated heterocycles. The Labute approximate surface area is 85.6 Å². The van der Waals surface area contributed by atoms with E-state index < -0.39 is 0 Å². The molecule has 0 aromatic carbocycles. The maximum absolute atomic E-state index is 11.5. The Kier molecular flexibility index (Phi) is 3.06. The van der Waals surface area contributed by atoms with Crippen LogP contribution in [-0.4, -0.2) is 25.5 Å². The van der Waals surface area contributed by atoms with E-state index >= 15 is 0 Å². The molecule has 2 fully saturated rings. The lowest BCUT2D eigenvalue weighted by Crippen LogP contribution is -2.28. The summed E-state index contributed by atoms with van der Waals surface area (Å²) in [4.78, 5) is 11.5. The highest BCUT2D eigenvalue weighted by Gasteiger charge is 2.32. The normalized spacial score (nSPS) is 35.6. The second-order valence-electron chi connectivity index (χ2n) is 4.84. The zero-order valence-electron chi connectivity index (χ0n) is 8.88. The smallest absolute Gasteiger partial charge is 0.220 e. The van der Waals surface area contributed by atoms with Crippen LogP contribution >= 0.6 is 0 Å². The summed E-state index contributed by atoms with van der Waals surface area (Å²) in [6.07, 6.45) is 3.17. The van der Waals surface area contributed by atoms with Gasteiger partial charge in [0.25, 0.3) is 0 Å². The van der Waals surface area contributed by atoms with Crippen molar-refractivity contribution in [2.75, 3.05) is 19.6 Å². The van der Waals surface area contributed by atoms with E-state index in [1.165, 1.54) is 6.42 Å². The summed E-state index contributed by atoms with van der Waals surface area (Å²) in [5.41, 5.74) is 0. The first kappa shape index (κ1) is 9.97. The van der Waals surface area contributed by atoms with Crippen molar-refractivity contribution in [3.8, 4) is 0 Å². The van der Waals surface area contributed by atoms with Crippen molar-refractivity contribution in [3.63, 3.8) is 0 Å². The molecule has 3 heteroatoms. The summed E-state index contributed by atoms with van der Waals surface area (Å²) in [7, 11) is 0. The molecule has 1 amide bonds. The topological polar surface area (TPSA) is 41.1 Å². The van der Waals surface area contributed by atoms with E-state index in [4.69, 9.17) is 0 Å². The minimum absolute atomic E-state index is 0.248. The van der Waals surface area contributed by atoms with Crippen molar-refractivity contribution in [2.45, 2.75) is 26.2 Å².